The van der Waals surface area contributed by atoms with Gasteiger partial charge in [0.25, 0.3) is 0 Å². The van der Waals surface area contributed by atoms with E-state index < -0.39 is 0 Å². The molecule has 1 heterocycles. The SMILES string of the molecule is c1ccc(-c2ccc(N(c3cccc(-c4cccc5c4c4cc(-c6ccccc6)ccc4n5-c4ccccc4)c3)c3ccc4c(ccc5ccccc54)c3)cc2)cc1. The van der Waals surface area contributed by atoms with Crippen LogP contribution in [0.2, 0.25) is 0 Å². The molecule has 2 nitrogen and oxygen atoms in total. The van der Waals surface area contributed by atoms with Crippen LogP contribution in [0.1, 0.15) is 0 Å². The highest BCUT2D eigenvalue weighted by Gasteiger charge is 2.19. The number of nitrogens with zero attached hydrogens (tertiary/aromatic N) is 2. The molecule has 272 valence electrons. The number of para-hydroxylation sites is 1. The zero-order chi connectivity index (χ0) is 38.4. The molecule has 10 aromatic carbocycles. The summed E-state index contributed by atoms with van der Waals surface area (Å²) in [4.78, 5) is 2.40. The van der Waals surface area contributed by atoms with Gasteiger partial charge in [0, 0.05) is 33.5 Å². The first-order valence-electron chi connectivity index (χ1n) is 19.9. The normalized spacial score (nSPS) is 11.4. The standard InChI is InChI=1S/C56H38N2/c1-4-14-39(15-5-1)41-28-31-47(32-29-41)57(49-33-34-51-45(37-49)27-26-42-18-10-11-23-50(42)51)48-22-12-19-44(36-48)52-24-13-25-55-56(52)53-38-43(40-16-6-2-7-17-40)30-35-54(53)58(55)46-20-8-3-9-21-46/h1-38H. The van der Waals surface area contributed by atoms with Crippen LogP contribution in [-0.4, -0.2) is 4.57 Å². The molecule has 0 saturated carbocycles. The maximum absolute atomic E-state index is 2.41. The first kappa shape index (κ1) is 33.6. The minimum atomic E-state index is 1.10. The summed E-state index contributed by atoms with van der Waals surface area (Å²) in [6, 6.07) is 83.7. The van der Waals surface area contributed by atoms with Gasteiger partial charge in [0.05, 0.1) is 11.0 Å². The predicted octanol–water partition coefficient (Wildman–Crippen LogP) is 15.6. The van der Waals surface area contributed by atoms with Crippen molar-refractivity contribution in [1.29, 1.82) is 0 Å². The van der Waals surface area contributed by atoms with Crippen LogP contribution in [0.3, 0.4) is 0 Å². The van der Waals surface area contributed by atoms with Gasteiger partial charge in [-0.2, -0.15) is 0 Å². The number of rotatable bonds is 7. The second-order valence-electron chi connectivity index (χ2n) is 15.0. The largest absolute Gasteiger partial charge is 0.310 e. The lowest BCUT2D eigenvalue weighted by Gasteiger charge is -2.27. The summed E-state index contributed by atoms with van der Waals surface area (Å²) in [7, 11) is 0. The van der Waals surface area contributed by atoms with Gasteiger partial charge in [0.1, 0.15) is 0 Å². The second kappa shape index (κ2) is 14.1. The quantitative estimate of drug-likeness (QED) is 0.148. The van der Waals surface area contributed by atoms with E-state index in [0.29, 0.717) is 0 Å². The molecule has 0 aliphatic carbocycles. The zero-order valence-electron chi connectivity index (χ0n) is 31.8. The van der Waals surface area contributed by atoms with Crippen LogP contribution >= 0.6 is 0 Å². The van der Waals surface area contributed by atoms with Crippen LogP contribution in [0, 0.1) is 0 Å². The van der Waals surface area contributed by atoms with Crippen molar-refractivity contribution in [2.75, 3.05) is 4.90 Å². The summed E-state index contributed by atoms with van der Waals surface area (Å²) in [5.74, 6) is 0. The number of hydrogen-bond donors (Lipinski definition) is 0. The van der Waals surface area contributed by atoms with E-state index in [2.05, 4.69) is 240 Å². The van der Waals surface area contributed by atoms with Crippen LogP contribution in [0.15, 0.2) is 231 Å². The average molecular weight is 739 g/mol. The van der Waals surface area contributed by atoms with Gasteiger partial charge in [-0.15, -0.1) is 0 Å². The molecule has 0 N–H and O–H groups in total. The third-order valence-corrected chi connectivity index (χ3v) is 11.5. The maximum atomic E-state index is 2.41. The van der Waals surface area contributed by atoms with Crippen LogP contribution in [0.25, 0.3) is 82.4 Å². The second-order valence-corrected chi connectivity index (χ2v) is 15.0. The smallest absolute Gasteiger partial charge is 0.0547 e. The molecule has 0 aliphatic rings. The highest BCUT2D eigenvalue weighted by Crippen LogP contribution is 2.43. The molecule has 0 fully saturated rings. The van der Waals surface area contributed by atoms with Crippen LogP contribution in [-0.2, 0) is 0 Å². The highest BCUT2D eigenvalue weighted by atomic mass is 15.1. The summed E-state index contributed by atoms with van der Waals surface area (Å²) in [5, 5.41) is 7.47. The van der Waals surface area contributed by atoms with E-state index in [-0.39, 0.29) is 0 Å². The Hall–Kier alpha value is -7.68. The molecule has 0 amide bonds. The predicted molar refractivity (Wildman–Crippen MR) is 247 cm³/mol. The van der Waals surface area contributed by atoms with Crippen molar-refractivity contribution in [3.63, 3.8) is 0 Å². The molecule has 0 unspecified atom stereocenters. The molecule has 2 heteroatoms. The van der Waals surface area contributed by atoms with Gasteiger partial charge in [-0.1, -0.05) is 164 Å². The number of hydrogen-bond acceptors (Lipinski definition) is 1. The van der Waals surface area contributed by atoms with E-state index in [9.17, 15) is 0 Å². The third kappa shape index (κ3) is 5.82. The van der Waals surface area contributed by atoms with Gasteiger partial charge in [-0.3, -0.25) is 0 Å². The topological polar surface area (TPSA) is 8.17 Å². The van der Waals surface area contributed by atoms with Crippen molar-refractivity contribution < 1.29 is 0 Å². The number of anilines is 3. The van der Waals surface area contributed by atoms with Crippen molar-refractivity contribution in [1.82, 2.24) is 4.57 Å². The Balaban J connectivity index is 1.11. The first-order valence-corrected chi connectivity index (χ1v) is 19.9. The minimum absolute atomic E-state index is 1.10. The number of aromatic nitrogens is 1. The van der Waals surface area contributed by atoms with E-state index in [1.165, 1.54) is 71.2 Å². The molecular formula is C56H38N2. The van der Waals surface area contributed by atoms with E-state index in [1.807, 2.05) is 0 Å². The lowest BCUT2D eigenvalue weighted by molar-refractivity contribution is 1.18. The Labute approximate surface area is 338 Å². The molecule has 0 atom stereocenters. The van der Waals surface area contributed by atoms with Crippen molar-refractivity contribution in [3.8, 4) is 39.1 Å². The molecule has 1 aromatic heterocycles. The maximum Gasteiger partial charge on any atom is 0.0547 e. The Morgan fingerprint density at radius 3 is 1.67 bits per heavy atom. The monoisotopic (exact) mass is 738 g/mol. The highest BCUT2D eigenvalue weighted by molar-refractivity contribution is 6.17. The third-order valence-electron chi connectivity index (χ3n) is 11.5. The average Bonchev–Trinajstić information content (AvgIpc) is 3.64. The number of fused-ring (bicyclic) bond motifs is 6. The molecule has 11 aromatic rings. The first-order chi connectivity index (χ1) is 28.8. The van der Waals surface area contributed by atoms with E-state index >= 15 is 0 Å². The lowest BCUT2D eigenvalue weighted by atomic mass is 9.96. The van der Waals surface area contributed by atoms with Gasteiger partial charge in [0.2, 0.25) is 0 Å². The number of benzene rings is 10. The molecule has 0 aliphatic heterocycles. The Morgan fingerprint density at radius 1 is 0.293 bits per heavy atom. The summed E-state index contributed by atoms with van der Waals surface area (Å²) in [6.45, 7) is 0. The van der Waals surface area contributed by atoms with Crippen molar-refractivity contribution in [2.45, 2.75) is 0 Å². The molecule has 0 saturated heterocycles. The molecule has 58 heavy (non-hydrogen) atoms. The fourth-order valence-corrected chi connectivity index (χ4v) is 8.81. The molecule has 0 bridgehead atoms. The van der Waals surface area contributed by atoms with Gasteiger partial charge >= 0.3 is 0 Å². The van der Waals surface area contributed by atoms with Crippen molar-refractivity contribution in [3.05, 3.63) is 231 Å². The van der Waals surface area contributed by atoms with Gasteiger partial charge in [0.15, 0.2) is 0 Å². The van der Waals surface area contributed by atoms with E-state index in [1.54, 1.807) is 0 Å². The summed E-state index contributed by atoms with van der Waals surface area (Å²) >= 11 is 0. The fourth-order valence-electron chi connectivity index (χ4n) is 8.81. The van der Waals surface area contributed by atoms with Crippen LogP contribution in [0.4, 0.5) is 17.1 Å². The summed E-state index contributed by atoms with van der Waals surface area (Å²) in [6.07, 6.45) is 0. The molecule has 0 radical (unpaired) electrons. The fraction of sp³-hybridized carbons (Fsp3) is 0. The molecule has 11 rings (SSSR count). The Bertz CT molecular complexity index is 3250. The van der Waals surface area contributed by atoms with Crippen molar-refractivity contribution in [2.24, 2.45) is 0 Å². The van der Waals surface area contributed by atoms with Crippen molar-refractivity contribution >= 4 is 60.4 Å². The van der Waals surface area contributed by atoms with E-state index in [0.717, 1.165) is 28.3 Å². The van der Waals surface area contributed by atoms with Gasteiger partial charge in [-0.25, -0.2) is 0 Å². The van der Waals surface area contributed by atoms with Crippen LogP contribution < -0.4 is 4.90 Å². The Morgan fingerprint density at radius 2 is 0.879 bits per heavy atom. The lowest BCUT2D eigenvalue weighted by Crippen LogP contribution is -2.10. The summed E-state index contributed by atoms with van der Waals surface area (Å²) in [5.41, 5.74) is 14.0. The molecular weight excluding hydrogens is 701 g/mol. The molecule has 0 spiro atoms. The van der Waals surface area contributed by atoms with Crippen LogP contribution in [0.5, 0.6) is 0 Å². The van der Waals surface area contributed by atoms with Gasteiger partial charge in [-0.05, 0) is 122 Å². The zero-order valence-corrected chi connectivity index (χ0v) is 31.8. The summed E-state index contributed by atoms with van der Waals surface area (Å²) < 4.78 is 2.41. The minimum Gasteiger partial charge on any atom is -0.310 e. The Kier molecular flexibility index (Phi) is 8.19. The van der Waals surface area contributed by atoms with Gasteiger partial charge < -0.3 is 9.47 Å². The van der Waals surface area contributed by atoms with E-state index in [4.69, 9.17) is 0 Å².